The van der Waals surface area contributed by atoms with E-state index in [0.29, 0.717) is 0 Å². The lowest BCUT2D eigenvalue weighted by molar-refractivity contribution is -0.384. The Hall–Kier alpha value is -2.14. The van der Waals surface area contributed by atoms with E-state index in [-0.39, 0.29) is 10.6 Å². The van der Waals surface area contributed by atoms with Gasteiger partial charge in [-0.2, -0.15) is 0 Å². The Morgan fingerprint density at radius 2 is 2.30 bits per heavy atom. The molecule has 0 aliphatic rings. The van der Waals surface area contributed by atoms with Gasteiger partial charge in [-0.15, -0.1) is 0 Å². The molecule has 5 heteroatoms. The minimum absolute atomic E-state index is 0.129. The van der Waals surface area contributed by atoms with E-state index in [0.717, 1.165) is 35.9 Å². The molecular formula is C15H19N3O2. The van der Waals surface area contributed by atoms with Gasteiger partial charge in [0.05, 0.1) is 4.92 Å². The highest BCUT2D eigenvalue weighted by Crippen LogP contribution is 2.30. The van der Waals surface area contributed by atoms with Crippen molar-refractivity contribution in [1.82, 2.24) is 10.3 Å². The Labute approximate surface area is 117 Å². The van der Waals surface area contributed by atoms with Crippen molar-refractivity contribution in [2.75, 3.05) is 13.6 Å². The van der Waals surface area contributed by atoms with E-state index in [1.807, 2.05) is 13.2 Å². The van der Waals surface area contributed by atoms with Crippen LogP contribution in [0.15, 0.2) is 30.5 Å². The van der Waals surface area contributed by atoms with Crippen molar-refractivity contribution < 1.29 is 4.92 Å². The number of aromatic amines is 1. The van der Waals surface area contributed by atoms with Crippen LogP contribution in [0.2, 0.25) is 0 Å². The molecule has 1 heterocycles. The van der Waals surface area contributed by atoms with Gasteiger partial charge in [0.25, 0.3) is 5.69 Å². The first-order valence-electron chi connectivity index (χ1n) is 6.77. The number of allylic oxidation sites excluding steroid dienone is 1. The molecule has 1 aromatic heterocycles. The predicted molar refractivity (Wildman–Crippen MR) is 81.8 cm³/mol. The topological polar surface area (TPSA) is 71.0 Å². The summed E-state index contributed by atoms with van der Waals surface area (Å²) in [6.07, 6.45) is 5.97. The standard InChI is InChI=1S/C15H19N3O2/c1-3-11(5-4-8-16-2)14-10-17-15-7-6-12(18(19)20)9-13(14)15/h5-7,9-10,16-17H,3-4,8H2,1-2H3. The van der Waals surface area contributed by atoms with E-state index >= 15 is 0 Å². The van der Waals surface area contributed by atoms with Gasteiger partial charge < -0.3 is 10.3 Å². The highest BCUT2D eigenvalue weighted by atomic mass is 16.6. The molecule has 2 aromatic rings. The van der Waals surface area contributed by atoms with Gasteiger partial charge in [0, 0.05) is 34.8 Å². The SMILES string of the molecule is CCC(=CCCNC)c1c[nH]c2ccc([N+](=O)[O-])cc12. The zero-order valence-corrected chi connectivity index (χ0v) is 11.8. The van der Waals surface area contributed by atoms with Crippen LogP contribution in [0.25, 0.3) is 16.5 Å². The molecular weight excluding hydrogens is 254 g/mol. The first kappa shape index (κ1) is 14.3. The molecule has 0 radical (unpaired) electrons. The molecule has 0 atom stereocenters. The Morgan fingerprint density at radius 3 is 2.95 bits per heavy atom. The number of nitro groups is 1. The molecule has 0 spiro atoms. The number of H-pyrrole nitrogens is 1. The summed E-state index contributed by atoms with van der Waals surface area (Å²) in [5.74, 6) is 0. The molecule has 0 aliphatic heterocycles. The molecule has 0 saturated heterocycles. The predicted octanol–water partition coefficient (Wildman–Crippen LogP) is 3.48. The molecule has 0 aliphatic carbocycles. The summed E-state index contributed by atoms with van der Waals surface area (Å²) >= 11 is 0. The lowest BCUT2D eigenvalue weighted by Crippen LogP contribution is -2.06. The summed E-state index contributed by atoms with van der Waals surface area (Å²) in [6, 6.07) is 4.93. The van der Waals surface area contributed by atoms with Crippen LogP contribution in [0.1, 0.15) is 25.3 Å². The number of nitrogens with one attached hydrogen (secondary N) is 2. The van der Waals surface area contributed by atoms with Crippen molar-refractivity contribution in [3.63, 3.8) is 0 Å². The van der Waals surface area contributed by atoms with Gasteiger partial charge in [-0.25, -0.2) is 0 Å². The fraction of sp³-hybridized carbons (Fsp3) is 0.333. The van der Waals surface area contributed by atoms with Crippen molar-refractivity contribution in [3.8, 4) is 0 Å². The van der Waals surface area contributed by atoms with Crippen LogP contribution in [0.3, 0.4) is 0 Å². The van der Waals surface area contributed by atoms with Gasteiger partial charge in [-0.05, 0) is 38.1 Å². The normalized spacial score (nSPS) is 12.0. The number of fused-ring (bicyclic) bond motifs is 1. The molecule has 1 aromatic carbocycles. The van der Waals surface area contributed by atoms with Crippen molar-refractivity contribution in [3.05, 3.63) is 46.1 Å². The second kappa shape index (κ2) is 6.34. The van der Waals surface area contributed by atoms with Crippen LogP contribution in [0, 0.1) is 10.1 Å². The zero-order valence-electron chi connectivity index (χ0n) is 11.8. The van der Waals surface area contributed by atoms with Crippen molar-refractivity contribution in [2.24, 2.45) is 0 Å². The van der Waals surface area contributed by atoms with Gasteiger partial charge in [-0.1, -0.05) is 13.0 Å². The minimum atomic E-state index is -0.355. The van der Waals surface area contributed by atoms with Crippen LogP contribution < -0.4 is 5.32 Å². The molecule has 5 nitrogen and oxygen atoms in total. The third kappa shape index (κ3) is 2.88. The maximum Gasteiger partial charge on any atom is 0.270 e. The van der Waals surface area contributed by atoms with E-state index in [4.69, 9.17) is 0 Å². The van der Waals surface area contributed by atoms with Crippen LogP contribution in [0.4, 0.5) is 5.69 Å². The molecule has 0 unspecified atom stereocenters. The Morgan fingerprint density at radius 1 is 1.50 bits per heavy atom. The molecule has 2 rings (SSSR count). The third-order valence-corrected chi connectivity index (χ3v) is 3.39. The fourth-order valence-corrected chi connectivity index (χ4v) is 2.32. The van der Waals surface area contributed by atoms with E-state index < -0.39 is 0 Å². The van der Waals surface area contributed by atoms with Gasteiger partial charge in [0.2, 0.25) is 0 Å². The molecule has 0 bridgehead atoms. The first-order chi connectivity index (χ1) is 9.67. The Bertz CT molecular complexity index is 644. The van der Waals surface area contributed by atoms with E-state index in [1.54, 1.807) is 12.1 Å². The van der Waals surface area contributed by atoms with Crippen LogP contribution in [-0.4, -0.2) is 23.5 Å². The van der Waals surface area contributed by atoms with Crippen molar-refractivity contribution in [1.29, 1.82) is 0 Å². The number of hydrogen-bond donors (Lipinski definition) is 2. The Kier molecular flexibility index (Phi) is 4.53. The van der Waals surface area contributed by atoms with E-state index in [2.05, 4.69) is 23.3 Å². The highest BCUT2D eigenvalue weighted by molar-refractivity contribution is 5.93. The number of hydrogen-bond acceptors (Lipinski definition) is 3. The highest BCUT2D eigenvalue weighted by Gasteiger charge is 2.12. The lowest BCUT2D eigenvalue weighted by Gasteiger charge is -2.04. The van der Waals surface area contributed by atoms with Crippen molar-refractivity contribution in [2.45, 2.75) is 19.8 Å². The maximum atomic E-state index is 10.9. The number of non-ortho nitro benzene ring substituents is 1. The quantitative estimate of drug-likeness (QED) is 0.481. The van der Waals surface area contributed by atoms with Gasteiger partial charge in [-0.3, -0.25) is 10.1 Å². The summed E-state index contributed by atoms with van der Waals surface area (Å²) in [7, 11) is 1.93. The molecule has 2 N–H and O–H groups in total. The van der Waals surface area contributed by atoms with Crippen LogP contribution in [0.5, 0.6) is 0 Å². The first-order valence-corrected chi connectivity index (χ1v) is 6.77. The molecule has 20 heavy (non-hydrogen) atoms. The number of benzene rings is 1. The largest absolute Gasteiger partial charge is 0.361 e. The second-order valence-electron chi connectivity index (χ2n) is 4.66. The summed E-state index contributed by atoms with van der Waals surface area (Å²) in [5, 5.41) is 14.9. The number of rotatable bonds is 6. The summed E-state index contributed by atoms with van der Waals surface area (Å²) in [5.41, 5.74) is 3.33. The Balaban J connectivity index is 2.44. The monoisotopic (exact) mass is 273 g/mol. The zero-order chi connectivity index (χ0) is 14.5. The van der Waals surface area contributed by atoms with Gasteiger partial charge in [0.1, 0.15) is 0 Å². The number of nitro benzene ring substituents is 1. The van der Waals surface area contributed by atoms with Gasteiger partial charge >= 0.3 is 0 Å². The molecule has 106 valence electrons. The fourth-order valence-electron chi connectivity index (χ4n) is 2.32. The molecule has 0 fully saturated rings. The van der Waals surface area contributed by atoms with E-state index in [9.17, 15) is 10.1 Å². The number of aromatic nitrogens is 1. The average Bonchev–Trinajstić information content (AvgIpc) is 2.86. The maximum absolute atomic E-state index is 10.9. The smallest absolute Gasteiger partial charge is 0.270 e. The summed E-state index contributed by atoms with van der Waals surface area (Å²) in [6.45, 7) is 3.02. The van der Waals surface area contributed by atoms with E-state index in [1.165, 1.54) is 11.6 Å². The van der Waals surface area contributed by atoms with Crippen LogP contribution >= 0.6 is 0 Å². The number of nitrogens with zero attached hydrogens (tertiary/aromatic N) is 1. The van der Waals surface area contributed by atoms with Crippen molar-refractivity contribution >= 4 is 22.2 Å². The lowest BCUT2D eigenvalue weighted by atomic mass is 10.0. The third-order valence-electron chi connectivity index (χ3n) is 3.39. The second-order valence-corrected chi connectivity index (χ2v) is 4.66. The summed E-state index contributed by atoms with van der Waals surface area (Å²) in [4.78, 5) is 13.7. The average molecular weight is 273 g/mol. The summed E-state index contributed by atoms with van der Waals surface area (Å²) < 4.78 is 0. The van der Waals surface area contributed by atoms with Crippen LogP contribution in [-0.2, 0) is 0 Å². The molecule has 0 amide bonds. The minimum Gasteiger partial charge on any atom is -0.361 e. The van der Waals surface area contributed by atoms with Gasteiger partial charge in [0.15, 0.2) is 0 Å². The molecule has 0 saturated carbocycles.